The molecule has 11 nitrogen and oxygen atoms in total. The summed E-state index contributed by atoms with van der Waals surface area (Å²) in [5.41, 5.74) is 1.30. The first-order chi connectivity index (χ1) is 19.4. The highest BCUT2D eigenvalue weighted by molar-refractivity contribution is 5.94. The van der Waals surface area contributed by atoms with Crippen molar-refractivity contribution in [2.45, 2.75) is 64.1 Å². The molecule has 0 aliphatic carbocycles. The fourth-order valence-electron chi connectivity index (χ4n) is 5.54. The molecule has 0 unspecified atom stereocenters. The minimum Gasteiger partial charge on any atom is -0.506 e. The zero-order chi connectivity index (χ0) is 28.1. The van der Waals surface area contributed by atoms with E-state index in [1.54, 1.807) is 21.4 Å². The summed E-state index contributed by atoms with van der Waals surface area (Å²) in [5.74, 6) is 0.538. The first-order valence-electron chi connectivity index (χ1n) is 13.9. The molecule has 1 saturated heterocycles. The number of aromatic hydroxyl groups is 1. The smallest absolute Gasteiger partial charge is 0.255 e. The number of amides is 3. The lowest BCUT2D eigenvalue weighted by Crippen LogP contribution is -2.53. The number of piperidine rings is 1. The second-order valence-corrected chi connectivity index (χ2v) is 10.4. The van der Waals surface area contributed by atoms with Gasteiger partial charge in [0.25, 0.3) is 5.91 Å². The molecule has 2 aliphatic rings. The third-order valence-electron chi connectivity index (χ3n) is 7.50. The minimum atomic E-state index is -0.545. The van der Waals surface area contributed by atoms with Crippen LogP contribution in [0.5, 0.6) is 5.75 Å². The summed E-state index contributed by atoms with van der Waals surface area (Å²) in [6.45, 7) is 3.32. The number of aryl methyl sites for hydroxylation is 1. The molecule has 5 rings (SSSR count). The quantitative estimate of drug-likeness (QED) is 0.516. The Morgan fingerprint density at radius 2 is 1.88 bits per heavy atom. The normalized spacial score (nSPS) is 20.7. The van der Waals surface area contributed by atoms with Crippen molar-refractivity contribution in [1.82, 2.24) is 34.9 Å². The van der Waals surface area contributed by atoms with Crippen LogP contribution in [0, 0.1) is 6.92 Å². The van der Waals surface area contributed by atoms with Crippen LogP contribution in [0.15, 0.2) is 48.8 Å². The van der Waals surface area contributed by atoms with Gasteiger partial charge in [-0.2, -0.15) is 5.10 Å². The van der Waals surface area contributed by atoms with Crippen LogP contribution in [0.25, 0.3) is 0 Å². The van der Waals surface area contributed by atoms with Crippen LogP contribution in [-0.2, 0) is 22.6 Å². The molecule has 2 aromatic heterocycles. The second kappa shape index (κ2) is 12.3. The average molecular weight is 546 g/mol. The molecule has 0 saturated carbocycles. The maximum atomic E-state index is 13.7. The van der Waals surface area contributed by atoms with E-state index in [9.17, 15) is 19.5 Å². The highest BCUT2D eigenvalue weighted by Gasteiger charge is 2.34. The highest BCUT2D eigenvalue weighted by atomic mass is 16.3. The van der Waals surface area contributed by atoms with Crippen molar-refractivity contribution < 1.29 is 19.5 Å². The molecular formula is C29H35N7O4. The average Bonchev–Trinajstić information content (AvgIpc) is 3.34. The van der Waals surface area contributed by atoms with Gasteiger partial charge in [-0.25, -0.2) is 9.67 Å². The Morgan fingerprint density at radius 1 is 1.05 bits per heavy atom. The molecule has 210 valence electrons. The fourth-order valence-corrected chi connectivity index (χ4v) is 5.54. The van der Waals surface area contributed by atoms with Gasteiger partial charge in [0.15, 0.2) is 0 Å². The number of carbonyl (C=O) groups excluding carboxylic acids is 3. The first-order valence-corrected chi connectivity index (χ1v) is 13.9. The number of nitrogens with one attached hydrogen (secondary N) is 1. The van der Waals surface area contributed by atoms with Gasteiger partial charge in [0.2, 0.25) is 11.8 Å². The number of fused-ring (bicyclic) bond motifs is 2. The topological polar surface area (TPSA) is 134 Å². The van der Waals surface area contributed by atoms with Gasteiger partial charge in [-0.3, -0.25) is 19.4 Å². The summed E-state index contributed by atoms with van der Waals surface area (Å²) in [4.78, 5) is 52.4. The molecule has 40 heavy (non-hydrogen) atoms. The molecule has 2 atom stereocenters. The first kappa shape index (κ1) is 27.3. The Balaban J connectivity index is 1.50. The summed E-state index contributed by atoms with van der Waals surface area (Å²) >= 11 is 0. The van der Waals surface area contributed by atoms with Crippen LogP contribution in [0.3, 0.4) is 0 Å². The van der Waals surface area contributed by atoms with Crippen molar-refractivity contribution in [2.75, 3.05) is 19.6 Å². The van der Waals surface area contributed by atoms with E-state index in [-0.39, 0.29) is 35.5 Å². The van der Waals surface area contributed by atoms with Gasteiger partial charge in [0, 0.05) is 32.3 Å². The molecule has 11 heteroatoms. The van der Waals surface area contributed by atoms with Crippen molar-refractivity contribution in [3.05, 3.63) is 71.6 Å². The summed E-state index contributed by atoms with van der Waals surface area (Å²) in [7, 11) is 0. The number of aromatic nitrogens is 4. The monoisotopic (exact) mass is 545 g/mol. The third-order valence-corrected chi connectivity index (χ3v) is 7.50. The number of hydrogen-bond acceptors (Lipinski definition) is 7. The van der Waals surface area contributed by atoms with Crippen molar-refractivity contribution in [2.24, 2.45) is 0 Å². The van der Waals surface area contributed by atoms with Gasteiger partial charge in [-0.15, -0.1) is 0 Å². The molecule has 0 spiro atoms. The van der Waals surface area contributed by atoms with Gasteiger partial charge in [0.05, 0.1) is 24.3 Å². The third kappa shape index (κ3) is 6.30. The molecule has 0 bridgehead atoms. The van der Waals surface area contributed by atoms with Gasteiger partial charge in [-0.1, -0.05) is 30.3 Å². The van der Waals surface area contributed by atoms with Gasteiger partial charge in [-0.05, 0) is 50.7 Å². The molecule has 1 fully saturated rings. The van der Waals surface area contributed by atoms with E-state index < -0.39 is 12.1 Å². The molecule has 2 aliphatic heterocycles. The molecular weight excluding hydrogens is 510 g/mol. The molecule has 3 amide bonds. The van der Waals surface area contributed by atoms with E-state index in [0.29, 0.717) is 57.1 Å². The summed E-state index contributed by atoms with van der Waals surface area (Å²) in [6.07, 6.45) is 6.21. The van der Waals surface area contributed by atoms with E-state index in [4.69, 9.17) is 4.98 Å². The second-order valence-electron chi connectivity index (χ2n) is 10.4. The lowest BCUT2D eigenvalue weighted by atomic mass is 9.99. The number of hydrogen-bond donors (Lipinski definition) is 2. The summed E-state index contributed by atoms with van der Waals surface area (Å²) in [5, 5.41) is 17.7. The van der Waals surface area contributed by atoms with Crippen LogP contribution in [0.4, 0.5) is 0 Å². The standard InChI is InChI=1S/C29H35N7O4/c1-20-31-27-24(16-21-8-3-2-4-9-21)32-28(39)25-10-5-6-13-35(25)26(38)11-7-12-34(14-15-36(27)33-20)29(40)22-17-23(37)19-30-18-22/h2-4,8-9,17-19,24-25,37H,5-7,10-16H2,1H3,(H,32,39)/t24-,25+/m1/s1. The van der Waals surface area contributed by atoms with Crippen LogP contribution in [-0.4, -0.2) is 78.1 Å². The van der Waals surface area contributed by atoms with E-state index >= 15 is 0 Å². The lowest BCUT2D eigenvalue weighted by molar-refractivity contribution is -0.142. The Labute approximate surface area is 233 Å². The van der Waals surface area contributed by atoms with Crippen molar-refractivity contribution in [3.8, 4) is 5.75 Å². The number of benzene rings is 1. The predicted molar refractivity (Wildman–Crippen MR) is 146 cm³/mol. The Hall–Kier alpha value is -4.28. The Bertz CT molecular complexity index is 1360. The number of nitrogens with zero attached hydrogens (tertiary/aromatic N) is 6. The summed E-state index contributed by atoms with van der Waals surface area (Å²) < 4.78 is 1.76. The number of carbonyl (C=O) groups is 3. The van der Waals surface area contributed by atoms with Gasteiger partial charge < -0.3 is 20.2 Å². The van der Waals surface area contributed by atoms with E-state index in [0.717, 1.165) is 18.4 Å². The number of rotatable bonds is 3. The van der Waals surface area contributed by atoms with E-state index in [1.807, 2.05) is 30.3 Å². The fraction of sp³-hybridized carbons (Fsp3) is 0.448. The van der Waals surface area contributed by atoms with Gasteiger partial charge in [0.1, 0.15) is 23.4 Å². The zero-order valence-corrected chi connectivity index (χ0v) is 22.7. The molecule has 1 aromatic carbocycles. The van der Waals surface area contributed by atoms with E-state index in [1.165, 1.54) is 18.5 Å². The highest BCUT2D eigenvalue weighted by Crippen LogP contribution is 2.23. The Morgan fingerprint density at radius 3 is 2.67 bits per heavy atom. The largest absolute Gasteiger partial charge is 0.506 e. The lowest BCUT2D eigenvalue weighted by Gasteiger charge is -2.36. The summed E-state index contributed by atoms with van der Waals surface area (Å²) in [6, 6.07) is 10.2. The van der Waals surface area contributed by atoms with Crippen LogP contribution < -0.4 is 5.32 Å². The van der Waals surface area contributed by atoms with Crippen molar-refractivity contribution >= 4 is 17.7 Å². The molecule has 2 N–H and O–H groups in total. The maximum Gasteiger partial charge on any atom is 0.255 e. The Kier molecular flexibility index (Phi) is 8.37. The molecule has 3 aromatic rings. The zero-order valence-electron chi connectivity index (χ0n) is 22.7. The van der Waals surface area contributed by atoms with Crippen LogP contribution in [0.1, 0.15) is 65.7 Å². The van der Waals surface area contributed by atoms with Crippen LogP contribution >= 0.6 is 0 Å². The van der Waals surface area contributed by atoms with Gasteiger partial charge >= 0.3 is 0 Å². The number of pyridine rings is 1. The molecule has 0 radical (unpaired) electrons. The van der Waals surface area contributed by atoms with Crippen molar-refractivity contribution in [1.29, 1.82) is 0 Å². The minimum absolute atomic E-state index is 0.0815. The van der Waals surface area contributed by atoms with Crippen LogP contribution in [0.2, 0.25) is 0 Å². The van der Waals surface area contributed by atoms with E-state index in [2.05, 4.69) is 15.4 Å². The molecule has 4 heterocycles. The SMILES string of the molecule is Cc1nc2n(n1)CCN(C(=O)c1cncc(O)c1)CCCC(=O)N1CCCC[C@H]1C(=O)N[C@@H]2Cc1ccccc1. The maximum absolute atomic E-state index is 13.7. The predicted octanol–water partition coefficient (Wildman–Crippen LogP) is 2.40. The van der Waals surface area contributed by atoms with Crippen molar-refractivity contribution in [3.63, 3.8) is 0 Å².